The van der Waals surface area contributed by atoms with E-state index < -0.39 is 5.41 Å². The van der Waals surface area contributed by atoms with E-state index in [1.54, 1.807) is 0 Å². The Morgan fingerprint density at radius 2 is 0.622 bits per heavy atom. The fraction of sp³-hybridized carbons (Fsp3) is 0.0959. The summed E-state index contributed by atoms with van der Waals surface area (Å²) in [5.41, 5.74) is 31.7. The van der Waals surface area contributed by atoms with E-state index in [4.69, 9.17) is 0 Å². The van der Waals surface area contributed by atoms with Crippen molar-refractivity contribution in [3.63, 3.8) is 0 Å². The predicted octanol–water partition coefficient (Wildman–Crippen LogP) is 19.1. The van der Waals surface area contributed by atoms with Crippen LogP contribution in [0.4, 0.5) is 17.1 Å². The molecule has 1 nitrogen and oxygen atoms in total. The zero-order valence-electron chi connectivity index (χ0n) is 42.1. The second-order valence-corrected chi connectivity index (χ2v) is 21.9. The van der Waals surface area contributed by atoms with Crippen molar-refractivity contribution in [2.24, 2.45) is 0 Å². The van der Waals surface area contributed by atoms with Crippen molar-refractivity contribution in [1.82, 2.24) is 0 Å². The van der Waals surface area contributed by atoms with Crippen molar-refractivity contribution in [3.05, 3.63) is 293 Å². The van der Waals surface area contributed by atoms with Gasteiger partial charge in [-0.05, 0) is 159 Å². The van der Waals surface area contributed by atoms with Crippen LogP contribution in [0.1, 0.15) is 72.2 Å². The van der Waals surface area contributed by atoms with Gasteiger partial charge in [-0.25, -0.2) is 0 Å². The average Bonchev–Trinajstić information content (AvgIpc) is 4.09. The van der Waals surface area contributed by atoms with Crippen molar-refractivity contribution in [2.75, 3.05) is 4.90 Å². The number of hydrogen-bond acceptors (Lipinski definition) is 1. The third kappa shape index (κ3) is 5.81. The van der Waals surface area contributed by atoms with Crippen LogP contribution < -0.4 is 4.90 Å². The number of benzene rings is 11. The first-order valence-corrected chi connectivity index (χ1v) is 26.2. The molecule has 4 aliphatic carbocycles. The number of fused-ring (bicyclic) bond motifs is 16. The van der Waals surface area contributed by atoms with Crippen LogP contribution in [0.2, 0.25) is 0 Å². The molecule has 0 heterocycles. The Kier molecular flexibility index (Phi) is 9.04. The molecule has 0 amide bonds. The highest BCUT2D eigenvalue weighted by Gasteiger charge is 2.51. The molecule has 0 aliphatic heterocycles. The van der Waals surface area contributed by atoms with Crippen LogP contribution in [0, 0.1) is 0 Å². The minimum atomic E-state index is -0.393. The van der Waals surface area contributed by atoms with Gasteiger partial charge in [-0.2, -0.15) is 0 Å². The summed E-state index contributed by atoms with van der Waals surface area (Å²) in [6.07, 6.45) is 0. The van der Waals surface area contributed by atoms with Crippen molar-refractivity contribution < 1.29 is 0 Å². The molecule has 15 rings (SSSR count). The summed E-state index contributed by atoms with van der Waals surface area (Å²) < 4.78 is 0. The Morgan fingerprint density at radius 1 is 0.243 bits per heavy atom. The molecule has 0 aromatic heterocycles. The van der Waals surface area contributed by atoms with Crippen LogP contribution in [-0.4, -0.2) is 0 Å². The van der Waals surface area contributed by atoms with E-state index in [0.717, 1.165) is 17.1 Å². The molecule has 0 radical (unpaired) electrons. The zero-order chi connectivity index (χ0) is 49.5. The van der Waals surface area contributed by atoms with E-state index >= 15 is 0 Å². The molecule has 74 heavy (non-hydrogen) atoms. The third-order valence-electron chi connectivity index (χ3n) is 17.5. The Balaban J connectivity index is 0.871. The lowest BCUT2D eigenvalue weighted by Crippen LogP contribution is -2.25. The van der Waals surface area contributed by atoms with E-state index in [1.165, 1.54) is 122 Å². The summed E-state index contributed by atoms with van der Waals surface area (Å²) >= 11 is 0. The second kappa shape index (κ2) is 15.6. The summed E-state index contributed by atoms with van der Waals surface area (Å²) in [4.78, 5) is 2.47. The maximum atomic E-state index is 2.49. The minimum Gasteiger partial charge on any atom is -0.310 e. The van der Waals surface area contributed by atoms with E-state index in [-0.39, 0.29) is 10.8 Å². The van der Waals surface area contributed by atoms with Gasteiger partial charge in [-0.15, -0.1) is 0 Å². The lowest BCUT2D eigenvalue weighted by Gasteiger charge is -2.30. The SMILES string of the molecule is CC1(C)c2ccccc2-c2cc(-c3ccc(N(c4ccc(-c5ccc6c(c5)C5(c7ccccc7-c7ccccc75)c5ccccc5-6)cc4)c4ccccc4-c4cccc5c4-c4ccccc4C5(C)C)cc3)ccc21. The number of nitrogens with zero attached hydrogens (tertiary/aromatic N) is 1. The zero-order valence-corrected chi connectivity index (χ0v) is 42.1. The minimum absolute atomic E-state index is 0.0303. The molecule has 1 spiro atoms. The topological polar surface area (TPSA) is 3.24 Å². The Labute approximate surface area is 434 Å². The molecule has 0 N–H and O–H groups in total. The number of para-hydroxylation sites is 1. The van der Waals surface area contributed by atoms with E-state index in [1.807, 2.05) is 0 Å². The van der Waals surface area contributed by atoms with Crippen molar-refractivity contribution >= 4 is 17.1 Å². The quantitative estimate of drug-likeness (QED) is 0.161. The standard InChI is InChI=1S/C73H53N/c1-71(2)61-25-11-5-21-55(61)60-44-48(37-43-63(60)71)46-32-38-50(39-33-46)74(69-31-16-10-22-57(69)58-24-17-30-67-70(58)59-23-9-12-26-62(59)72(67,3)4)51-40-34-47(35-41-51)49-36-42-56-54-20-8-15-29-66(54)73(68(56)45-49)64-27-13-6-18-52(64)53-19-7-14-28-65(53)73/h5-45H,1-4H3. The van der Waals surface area contributed by atoms with E-state index in [2.05, 4.69) is 281 Å². The van der Waals surface area contributed by atoms with Gasteiger partial charge in [0, 0.05) is 27.8 Å². The van der Waals surface area contributed by atoms with E-state index in [0.29, 0.717) is 0 Å². The highest BCUT2D eigenvalue weighted by molar-refractivity contribution is 5.99. The molecule has 0 fully saturated rings. The van der Waals surface area contributed by atoms with Gasteiger partial charge < -0.3 is 4.90 Å². The second-order valence-electron chi connectivity index (χ2n) is 21.9. The van der Waals surface area contributed by atoms with E-state index in [9.17, 15) is 0 Å². The van der Waals surface area contributed by atoms with Gasteiger partial charge in [0.2, 0.25) is 0 Å². The van der Waals surface area contributed by atoms with Gasteiger partial charge in [0.25, 0.3) is 0 Å². The van der Waals surface area contributed by atoms with Crippen LogP contribution in [0.3, 0.4) is 0 Å². The molecule has 350 valence electrons. The Bertz CT molecular complexity index is 4060. The molecular formula is C73H53N. The summed E-state index contributed by atoms with van der Waals surface area (Å²) in [7, 11) is 0. The first-order valence-electron chi connectivity index (χ1n) is 26.2. The molecule has 4 aliphatic rings. The molecule has 0 bridgehead atoms. The molecule has 0 saturated carbocycles. The van der Waals surface area contributed by atoms with Crippen LogP contribution in [0.5, 0.6) is 0 Å². The smallest absolute Gasteiger partial charge is 0.0725 e. The average molecular weight is 944 g/mol. The third-order valence-corrected chi connectivity index (χ3v) is 17.5. The predicted molar refractivity (Wildman–Crippen MR) is 309 cm³/mol. The van der Waals surface area contributed by atoms with Gasteiger partial charge in [-0.3, -0.25) is 0 Å². The van der Waals surface area contributed by atoms with Gasteiger partial charge >= 0.3 is 0 Å². The normalized spacial score (nSPS) is 14.8. The molecule has 11 aromatic rings. The van der Waals surface area contributed by atoms with Crippen molar-refractivity contribution in [3.8, 4) is 77.9 Å². The largest absolute Gasteiger partial charge is 0.310 e. The maximum absolute atomic E-state index is 2.49. The highest BCUT2D eigenvalue weighted by Crippen LogP contribution is 2.63. The first kappa shape index (κ1) is 42.9. The van der Waals surface area contributed by atoms with Gasteiger partial charge in [0.15, 0.2) is 0 Å². The molecular weight excluding hydrogens is 891 g/mol. The van der Waals surface area contributed by atoms with Crippen LogP contribution in [-0.2, 0) is 16.2 Å². The Hall–Kier alpha value is -8.78. The highest BCUT2D eigenvalue weighted by atomic mass is 15.1. The van der Waals surface area contributed by atoms with Crippen LogP contribution in [0.15, 0.2) is 249 Å². The van der Waals surface area contributed by atoms with Gasteiger partial charge in [0.05, 0.1) is 11.1 Å². The maximum Gasteiger partial charge on any atom is 0.0725 e. The molecule has 0 unspecified atom stereocenters. The van der Waals surface area contributed by atoms with Crippen molar-refractivity contribution in [2.45, 2.75) is 43.9 Å². The molecule has 0 saturated heterocycles. The Morgan fingerprint density at radius 3 is 1.20 bits per heavy atom. The molecule has 1 heteroatoms. The molecule has 0 atom stereocenters. The fourth-order valence-corrected chi connectivity index (χ4v) is 14.1. The fourth-order valence-electron chi connectivity index (χ4n) is 14.1. The number of rotatable bonds is 6. The summed E-state index contributed by atoms with van der Waals surface area (Å²) in [6, 6.07) is 93.8. The van der Waals surface area contributed by atoms with Crippen LogP contribution >= 0.6 is 0 Å². The number of hydrogen-bond donors (Lipinski definition) is 0. The number of anilines is 3. The van der Waals surface area contributed by atoms with Gasteiger partial charge in [-0.1, -0.05) is 234 Å². The first-order chi connectivity index (χ1) is 36.2. The monoisotopic (exact) mass is 943 g/mol. The lowest BCUT2D eigenvalue weighted by atomic mass is 9.70. The molecule has 11 aromatic carbocycles. The summed E-state index contributed by atoms with van der Waals surface area (Å²) in [5, 5.41) is 0. The summed E-state index contributed by atoms with van der Waals surface area (Å²) in [6.45, 7) is 9.44. The lowest BCUT2D eigenvalue weighted by molar-refractivity contribution is 0.660. The van der Waals surface area contributed by atoms with Gasteiger partial charge in [0.1, 0.15) is 0 Å². The van der Waals surface area contributed by atoms with Crippen LogP contribution in [0.25, 0.3) is 77.9 Å². The summed E-state index contributed by atoms with van der Waals surface area (Å²) in [5.74, 6) is 0. The van der Waals surface area contributed by atoms with Crippen molar-refractivity contribution in [1.29, 1.82) is 0 Å².